The molecule has 0 bridgehead atoms. The van der Waals surface area contributed by atoms with Crippen molar-refractivity contribution >= 4 is 22.5 Å². The fourth-order valence-corrected chi connectivity index (χ4v) is 3.73. The zero-order chi connectivity index (χ0) is 20.4. The lowest BCUT2D eigenvalue weighted by Gasteiger charge is -2.36. The number of hydrogen-bond donors (Lipinski definition) is 0. The maximum atomic E-state index is 13.2. The van der Waals surface area contributed by atoms with Crippen molar-refractivity contribution in [1.82, 2.24) is 9.88 Å². The van der Waals surface area contributed by atoms with E-state index in [1.54, 1.807) is 14.2 Å². The number of aromatic nitrogens is 1. The molecule has 0 spiro atoms. The number of amides is 1. The minimum Gasteiger partial charge on any atom is -0.497 e. The van der Waals surface area contributed by atoms with Gasteiger partial charge in [0.05, 0.1) is 31.0 Å². The van der Waals surface area contributed by atoms with Crippen LogP contribution in [0.5, 0.6) is 11.5 Å². The van der Waals surface area contributed by atoms with E-state index in [2.05, 4.69) is 16.0 Å². The molecule has 1 saturated heterocycles. The van der Waals surface area contributed by atoms with E-state index in [0.717, 1.165) is 46.9 Å². The quantitative estimate of drug-likeness (QED) is 0.681. The molecule has 1 amide bonds. The van der Waals surface area contributed by atoms with Crippen LogP contribution in [0, 0.1) is 6.92 Å². The molecule has 0 radical (unpaired) electrons. The molecule has 29 heavy (non-hydrogen) atoms. The summed E-state index contributed by atoms with van der Waals surface area (Å²) in [6, 6.07) is 15.7. The predicted molar refractivity (Wildman–Crippen MR) is 114 cm³/mol. The lowest BCUT2D eigenvalue weighted by molar-refractivity contribution is 0.0745. The molecule has 6 nitrogen and oxygen atoms in total. The fraction of sp³-hybridized carbons (Fsp3) is 0.304. The zero-order valence-electron chi connectivity index (χ0n) is 17.0. The highest BCUT2D eigenvalue weighted by Crippen LogP contribution is 2.25. The normalized spacial score (nSPS) is 14.2. The summed E-state index contributed by atoms with van der Waals surface area (Å²) in [6.07, 6.45) is 0. The highest BCUT2D eigenvalue weighted by Gasteiger charge is 2.24. The van der Waals surface area contributed by atoms with Gasteiger partial charge in [-0.1, -0.05) is 6.07 Å². The molecule has 0 unspecified atom stereocenters. The lowest BCUT2D eigenvalue weighted by atomic mass is 10.1. The number of carbonyl (C=O) groups is 1. The number of fused-ring (bicyclic) bond motifs is 1. The number of piperazine rings is 1. The molecule has 0 N–H and O–H groups in total. The van der Waals surface area contributed by atoms with Crippen molar-refractivity contribution in [2.24, 2.45) is 0 Å². The number of pyridine rings is 1. The minimum atomic E-state index is 0.0398. The Kier molecular flexibility index (Phi) is 5.25. The predicted octanol–water partition coefficient (Wildman–Crippen LogP) is 3.52. The molecule has 6 heteroatoms. The SMILES string of the molecule is COc1cccc(N2CCN(C(=O)c3cc4ccc(OC)cc4nc3C)CC2)c1. The van der Waals surface area contributed by atoms with E-state index in [1.165, 1.54) is 0 Å². The zero-order valence-corrected chi connectivity index (χ0v) is 17.0. The van der Waals surface area contributed by atoms with Crippen LogP contribution < -0.4 is 14.4 Å². The summed E-state index contributed by atoms with van der Waals surface area (Å²) >= 11 is 0. The first-order chi connectivity index (χ1) is 14.1. The van der Waals surface area contributed by atoms with E-state index < -0.39 is 0 Å². The van der Waals surface area contributed by atoms with Crippen LogP contribution in [0.1, 0.15) is 16.1 Å². The lowest BCUT2D eigenvalue weighted by Crippen LogP contribution is -2.49. The van der Waals surface area contributed by atoms with Crippen molar-refractivity contribution in [2.45, 2.75) is 6.92 Å². The highest BCUT2D eigenvalue weighted by molar-refractivity contribution is 5.99. The molecule has 3 aromatic rings. The molecule has 4 rings (SSSR count). The van der Waals surface area contributed by atoms with Gasteiger partial charge < -0.3 is 19.3 Å². The molecular weight excluding hydrogens is 366 g/mol. The molecule has 0 atom stereocenters. The van der Waals surface area contributed by atoms with Gasteiger partial charge in [-0.05, 0) is 37.3 Å². The second kappa shape index (κ2) is 7.99. The van der Waals surface area contributed by atoms with Gasteiger partial charge in [-0.25, -0.2) is 0 Å². The molecule has 2 aromatic carbocycles. The number of anilines is 1. The van der Waals surface area contributed by atoms with Crippen LogP contribution in [0.3, 0.4) is 0 Å². The third-order valence-electron chi connectivity index (χ3n) is 5.43. The Balaban J connectivity index is 1.50. The first-order valence-corrected chi connectivity index (χ1v) is 9.72. The summed E-state index contributed by atoms with van der Waals surface area (Å²) in [5.74, 6) is 1.64. The number of ether oxygens (including phenoxy) is 2. The average Bonchev–Trinajstić information content (AvgIpc) is 2.78. The molecule has 1 aliphatic heterocycles. The third-order valence-corrected chi connectivity index (χ3v) is 5.43. The van der Waals surface area contributed by atoms with E-state index in [4.69, 9.17) is 9.47 Å². The van der Waals surface area contributed by atoms with Crippen molar-refractivity contribution in [3.63, 3.8) is 0 Å². The second-order valence-electron chi connectivity index (χ2n) is 7.16. The van der Waals surface area contributed by atoms with E-state index in [9.17, 15) is 4.79 Å². The van der Waals surface area contributed by atoms with Crippen LogP contribution in [0.2, 0.25) is 0 Å². The van der Waals surface area contributed by atoms with Crippen molar-refractivity contribution in [3.8, 4) is 11.5 Å². The topological polar surface area (TPSA) is 54.9 Å². The summed E-state index contributed by atoms with van der Waals surface area (Å²) in [5, 5.41) is 0.940. The van der Waals surface area contributed by atoms with Crippen molar-refractivity contribution in [2.75, 3.05) is 45.3 Å². The Morgan fingerprint density at radius 1 is 0.931 bits per heavy atom. The summed E-state index contributed by atoms with van der Waals surface area (Å²) in [6.45, 7) is 4.82. The minimum absolute atomic E-state index is 0.0398. The Labute approximate surface area is 170 Å². The summed E-state index contributed by atoms with van der Waals surface area (Å²) in [7, 11) is 3.31. The molecule has 0 saturated carbocycles. The van der Waals surface area contributed by atoms with Gasteiger partial charge in [0.15, 0.2) is 0 Å². The van der Waals surface area contributed by atoms with E-state index >= 15 is 0 Å². The van der Waals surface area contributed by atoms with Gasteiger partial charge in [-0.15, -0.1) is 0 Å². The number of nitrogens with zero attached hydrogens (tertiary/aromatic N) is 3. The first kappa shape index (κ1) is 19.1. The smallest absolute Gasteiger partial charge is 0.255 e. The van der Waals surface area contributed by atoms with Gasteiger partial charge in [0.2, 0.25) is 0 Å². The summed E-state index contributed by atoms with van der Waals surface area (Å²) < 4.78 is 10.6. The molecule has 1 fully saturated rings. The van der Waals surface area contributed by atoms with Crippen LogP contribution in [0.25, 0.3) is 10.9 Å². The summed E-state index contributed by atoms with van der Waals surface area (Å²) in [5.41, 5.74) is 3.36. The molecular formula is C23H25N3O3. The Hall–Kier alpha value is -3.28. The maximum Gasteiger partial charge on any atom is 0.255 e. The fourth-order valence-electron chi connectivity index (χ4n) is 3.73. The van der Waals surface area contributed by atoms with Crippen LogP contribution in [-0.2, 0) is 0 Å². The van der Waals surface area contributed by atoms with Crippen LogP contribution in [-0.4, -0.2) is 56.2 Å². The van der Waals surface area contributed by atoms with Gasteiger partial charge in [-0.3, -0.25) is 9.78 Å². The van der Waals surface area contributed by atoms with Crippen LogP contribution >= 0.6 is 0 Å². The highest BCUT2D eigenvalue weighted by atomic mass is 16.5. The van der Waals surface area contributed by atoms with Gasteiger partial charge in [0.25, 0.3) is 5.91 Å². The molecule has 1 aliphatic rings. The van der Waals surface area contributed by atoms with Crippen molar-refractivity contribution < 1.29 is 14.3 Å². The van der Waals surface area contributed by atoms with E-state index in [-0.39, 0.29) is 5.91 Å². The Morgan fingerprint density at radius 2 is 1.66 bits per heavy atom. The number of rotatable bonds is 4. The summed E-state index contributed by atoms with van der Waals surface area (Å²) in [4.78, 5) is 22.0. The monoisotopic (exact) mass is 391 g/mol. The number of benzene rings is 2. The standard InChI is InChI=1S/C23H25N3O3/c1-16-21(13-17-7-8-20(29-3)15-22(17)24-16)23(27)26-11-9-25(10-12-26)18-5-4-6-19(14-18)28-2/h4-8,13-15H,9-12H2,1-3H3. The van der Waals surface area contributed by atoms with Crippen molar-refractivity contribution in [1.29, 1.82) is 0 Å². The van der Waals surface area contributed by atoms with E-state index in [1.807, 2.05) is 54.3 Å². The molecule has 0 aliphatic carbocycles. The number of carbonyl (C=O) groups excluding carboxylic acids is 1. The third kappa shape index (κ3) is 3.83. The first-order valence-electron chi connectivity index (χ1n) is 9.72. The molecule has 1 aromatic heterocycles. The number of methoxy groups -OCH3 is 2. The number of aryl methyl sites for hydroxylation is 1. The van der Waals surface area contributed by atoms with E-state index in [0.29, 0.717) is 18.7 Å². The van der Waals surface area contributed by atoms with Gasteiger partial charge >= 0.3 is 0 Å². The Bertz CT molecular complexity index is 1040. The Morgan fingerprint density at radius 3 is 2.38 bits per heavy atom. The molecule has 2 heterocycles. The average molecular weight is 391 g/mol. The van der Waals surface area contributed by atoms with Gasteiger partial charge in [0, 0.05) is 49.4 Å². The largest absolute Gasteiger partial charge is 0.497 e. The molecule has 150 valence electrons. The maximum absolute atomic E-state index is 13.2. The van der Waals surface area contributed by atoms with Gasteiger partial charge in [-0.2, -0.15) is 0 Å². The second-order valence-corrected chi connectivity index (χ2v) is 7.16. The van der Waals surface area contributed by atoms with Crippen LogP contribution in [0.15, 0.2) is 48.5 Å². The number of hydrogen-bond acceptors (Lipinski definition) is 5. The van der Waals surface area contributed by atoms with Crippen molar-refractivity contribution in [3.05, 3.63) is 59.8 Å². The van der Waals surface area contributed by atoms with Crippen LogP contribution in [0.4, 0.5) is 5.69 Å². The van der Waals surface area contributed by atoms with Gasteiger partial charge in [0.1, 0.15) is 11.5 Å².